The van der Waals surface area contributed by atoms with Crippen LogP contribution >= 0.6 is 11.6 Å². The third kappa shape index (κ3) is 3.32. The van der Waals surface area contributed by atoms with Crippen LogP contribution in [-0.2, 0) is 6.18 Å². The first-order valence-corrected chi connectivity index (χ1v) is 6.48. The molecule has 112 valence electrons. The zero-order valence-electron chi connectivity index (χ0n) is 11.2. The molecule has 0 spiro atoms. The summed E-state index contributed by atoms with van der Waals surface area (Å²) in [5.41, 5.74) is -0.245. The largest absolute Gasteiger partial charge is 0.417 e. The Balaban J connectivity index is 2.60. The van der Waals surface area contributed by atoms with Gasteiger partial charge in [-0.05, 0) is 32.0 Å². The Morgan fingerprint density at radius 1 is 1.24 bits per heavy atom. The summed E-state index contributed by atoms with van der Waals surface area (Å²) in [7, 11) is 0. The van der Waals surface area contributed by atoms with E-state index in [9.17, 15) is 17.6 Å². The van der Waals surface area contributed by atoms with Crippen LogP contribution in [0.5, 0.6) is 0 Å². The number of benzene rings is 1. The molecule has 0 aliphatic carbocycles. The Morgan fingerprint density at radius 2 is 1.90 bits per heavy atom. The first kappa shape index (κ1) is 15.7. The Kier molecular flexibility index (Phi) is 4.18. The van der Waals surface area contributed by atoms with E-state index in [1.807, 2.05) is 0 Å². The lowest BCUT2D eigenvalue weighted by molar-refractivity contribution is -0.137. The molecule has 1 heterocycles. The molecule has 2 rings (SSSR count). The second-order valence-corrected chi connectivity index (χ2v) is 5.19. The van der Waals surface area contributed by atoms with Gasteiger partial charge < -0.3 is 0 Å². The maximum Gasteiger partial charge on any atom is 0.417 e. The maximum absolute atomic E-state index is 13.1. The predicted octanol–water partition coefficient (Wildman–Crippen LogP) is 4.91. The van der Waals surface area contributed by atoms with E-state index >= 15 is 0 Å². The molecule has 2 aromatic rings. The van der Waals surface area contributed by atoms with Crippen LogP contribution in [0.15, 0.2) is 24.4 Å². The summed E-state index contributed by atoms with van der Waals surface area (Å²) in [6, 6.07) is 2.41. The molecular weight excluding hydrogens is 308 g/mol. The lowest BCUT2D eigenvalue weighted by atomic mass is 10.1. The van der Waals surface area contributed by atoms with Gasteiger partial charge >= 0.3 is 6.18 Å². The van der Waals surface area contributed by atoms with Crippen molar-refractivity contribution in [2.45, 2.75) is 25.4 Å². The first-order chi connectivity index (χ1) is 9.70. The fourth-order valence-electron chi connectivity index (χ4n) is 1.94. The minimum atomic E-state index is -4.69. The van der Waals surface area contributed by atoms with Crippen molar-refractivity contribution in [1.29, 1.82) is 0 Å². The molecule has 1 unspecified atom stereocenters. The van der Waals surface area contributed by atoms with Gasteiger partial charge in [-0.1, -0.05) is 0 Å². The highest BCUT2D eigenvalue weighted by molar-refractivity contribution is 6.20. The molecule has 21 heavy (non-hydrogen) atoms. The SMILES string of the molecule is Cc1nc(-c2ccc(F)cc2C(F)(F)F)ncc1C(C)Cl. The lowest BCUT2D eigenvalue weighted by Crippen LogP contribution is -2.09. The van der Waals surface area contributed by atoms with Crippen molar-refractivity contribution in [2.24, 2.45) is 0 Å². The molecule has 0 bridgehead atoms. The van der Waals surface area contributed by atoms with Gasteiger partial charge in [0.1, 0.15) is 5.82 Å². The molecule has 0 saturated heterocycles. The van der Waals surface area contributed by atoms with E-state index in [1.54, 1.807) is 13.8 Å². The van der Waals surface area contributed by atoms with E-state index in [0.29, 0.717) is 17.3 Å². The summed E-state index contributed by atoms with van der Waals surface area (Å²) < 4.78 is 52.0. The van der Waals surface area contributed by atoms with Crippen LogP contribution in [0.4, 0.5) is 17.6 Å². The summed E-state index contributed by atoms with van der Waals surface area (Å²) in [4.78, 5) is 7.97. The average Bonchev–Trinajstić information content (AvgIpc) is 2.37. The van der Waals surface area contributed by atoms with Crippen molar-refractivity contribution in [3.8, 4) is 11.4 Å². The van der Waals surface area contributed by atoms with Gasteiger partial charge in [-0.3, -0.25) is 0 Å². The monoisotopic (exact) mass is 318 g/mol. The maximum atomic E-state index is 13.1. The Hall–Kier alpha value is -1.69. The van der Waals surface area contributed by atoms with E-state index < -0.39 is 17.6 Å². The van der Waals surface area contributed by atoms with Gasteiger partial charge in [0.25, 0.3) is 0 Å². The Bertz CT molecular complexity index is 669. The minimum absolute atomic E-state index is 0.110. The number of aromatic nitrogens is 2. The van der Waals surface area contributed by atoms with Crippen LogP contribution < -0.4 is 0 Å². The summed E-state index contributed by atoms with van der Waals surface area (Å²) >= 11 is 5.92. The lowest BCUT2D eigenvalue weighted by Gasteiger charge is -2.13. The highest BCUT2D eigenvalue weighted by Gasteiger charge is 2.35. The summed E-state index contributed by atoms with van der Waals surface area (Å²) in [6.07, 6.45) is -3.30. The average molecular weight is 319 g/mol. The highest BCUT2D eigenvalue weighted by Crippen LogP contribution is 2.36. The molecule has 0 radical (unpaired) electrons. The quantitative estimate of drug-likeness (QED) is 0.581. The van der Waals surface area contributed by atoms with Crippen LogP contribution in [0.2, 0.25) is 0 Å². The molecular formula is C14H11ClF4N2. The zero-order valence-corrected chi connectivity index (χ0v) is 11.9. The van der Waals surface area contributed by atoms with E-state index in [2.05, 4.69) is 9.97 Å². The first-order valence-electron chi connectivity index (χ1n) is 6.05. The fraction of sp³-hybridized carbons (Fsp3) is 0.286. The second kappa shape index (κ2) is 5.60. The number of rotatable bonds is 2. The van der Waals surface area contributed by atoms with E-state index in [4.69, 9.17) is 11.6 Å². The molecule has 2 nitrogen and oxygen atoms in total. The van der Waals surface area contributed by atoms with Crippen molar-refractivity contribution >= 4 is 11.6 Å². The van der Waals surface area contributed by atoms with Gasteiger partial charge in [-0.2, -0.15) is 13.2 Å². The smallest absolute Gasteiger partial charge is 0.236 e. The van der Waals surface area contributed by atoms with Crippen molar-refractivity contribution in [1.82, 2.24) is 9.97 Å². The highest BCUT2D eigenvalue weighted by atomic mass is 35.5. The number of nitrogens with zero attached hydrogens (tertiary/aromatic N) is 2. The van der Waals surface area contributed by atoms with Crippen molar-refractivity contribution in [3.63, 3.8) is 0 Å². The second-order valence-electron chi connectivity index (χ2n) is 4.54. The van der Waals surface area contributed by atoms with Gasteiger partial charge in [0.15, 0.2) is 5.82 Å². The van der Waals surface area contributed by atoms with Gasteiger partial charge in [-0.15, -0.1) is 11.6 Å². The Labute approximate surface area is 123 Å². The van der Waals surface area contributed by atoms with Gasteiger partial charge in [0, 0.05) is 23.0 Å². The van der Waals surface area contributed by atoms with Gasteiger partial charge in [0.2, 0.25) is 0 Å². The van der Waals surface area contributed by atoms with Gasteiger partial charge in [0.05, 0.1) is 10.9 Å². The summed E-state index contributed by atoms with van der Waals surface area (Å²) in [5, 5.41) is -0.352. The van der Waals surface area contributed by atoms with Crippen molar-refractivity contribution in [2.75, 3.05) is 0 Å². The molecule has 1 aromatic carbocycles. The van der Waals surface area contributed by atoms with E-state index in [0.717, 1.165) is 12.1 Å². The van der Waals surface area contributed by atoms with Crippen LogP contribution in [0.25, 0.3) is 11.4 Å². The predicted molar refractivity (Wildman–Crippen MR) is 71.4 cm³/mol. The van der Waals surface area contributed by atoms with E-state index in [-0.39, 0.29) is 16.8 Å². The fourth-order valence-corrected chi connectivity index (χ4v) is 2.16. The topological polar surface area (TPSA) is 25.8 Å². The molecule has 0 saturated carbocycles. The standard InChI is InChI=1S/C14H11ClF4N2/c1-7(15)11-6-20-13(21-8(11)2)10-4-3-9(16)5-12(10)14(17,18)19/h3-7H,1-2H3. The number of aryl methyl sites for hydroxylation is 1. The number of hydrogen-bond acceptors (Lipinski definition) is 2. The van der Waals surface area contributed by atoms with Crippen molar-refractivity contribution < 1.29 is 17.6 Å². The van der Waals surface area contributed by atoms with Gasteiger partial charge in [-0.25, -0.2) is 14.4 Å². The summed E-state index contributed by atoms with van der Waals surface area (Å²) in [6.45, 7) is 3.35. The molecule has 0 aliphatic heterocycles. The molecule has 1 atom stereocenters. The van der Waals surface area contributed by atoms with Crippen LogP contribution in [0, 0.1) is 12.7 Å². The van der Waals surface area contributed by atoms with Crippen LogP contribution in [0.3, 0.4) is 0 Å². The normalized spacial score (nSPS) is 13.3. The zero-order chi connectivity index (χ0) is 15.8. The number of alkyl halides is 4. The summed E-state index contributed by atoms with van der Waals surface area (Å²) in [5.74, 6) is -1.07. The molecule has 0 amide bonds. The number of halogens is 5. The van der Waals surface area contributed by atoms with E-state index in [1.165, 1.54) is 6.20 Å². The molecule has 0 aliphatic rings. The van der Waals surface area contributed by atoms with Crippen molar-refractivity contribution in [3.05, 3.63) is 47.0 Å². The molecule has 0 N–H and O–H groups in total. The third-order valence-corrected chi connectivity index (χ3v) is 3.21. The van der Waals surface area contributed by atoms with Crippen LogP contribution in [-0.4, -0.2) is 9.97 Å². The molecule has 7 heteroatoms. The number of hydrogen-bond donors (Lipinski definition) is 0. The molecule has 0 fully saturated rings. The minimum Gasteiger partial charge on any atom is -0.236 e. The third-order valence-electron chi connectivity index (χ3n) is 2.97. The molecule has 1 aromatic heterocycles. The van der Waals surface area contributed by atoms with Crippen LogP contribution in [0.1, 0.15) is 29.1 Å². The Morgan fingerprint density at radius 3 is 2.43 bits per heavy atom.